The fourth-order valence-corrected chi connectivity index (χ4v) is 1.99. The molecule has 0 aliphatic heterocycles. The van der Waals surface area contributed by atoms with Crippen LogP contribution in [-0.2, 0) is 0 Å². The molecule has 0 atom stereocenters. The van der Waals surface area contributed by atoms with Crippen molar-refractivity contribution in [3.63, 3.8) is 0 Å². The molecular formula is C13H12ClN3O. The Morgan fingerprint density at radius 3 is 2.89 bits per heavy atom. The molecule has 0 aromatic carbocycles. The molecule has 0 aliphatic carbocycles. The average Bonchev–Trinajstić information content (AvgIpc) is 2.95. The fraction of sp³-hybridized carbons (Fsp3) is 0.231. The lowest BCUT2D eigenvalue weighted by Crippen LogP contribution is -1.99. The summed E-state index contributed by atoms with van der Waals surface area (Å²) < 4.78 is 7.62. The Kier molecular flexibility index (Phi) is 2.59. The lowest BCUT2D eigenvalue weighted by Gasteiger charge is -2.02. The maximum absolute atomic E-state index is 6.06. The van der Waals surface area contributed by atoms with Gasteiger partial charge in [-0.3, -0.25) is 9.67 Å². The van der Waals surface area contributed by atoms with Crippen LogP contribution in [0.3, 0.4) is 0 Å². The Balaban J connectivity index is 2.10. The second-order valence-corrected chi connectivity index (χ2v) is 4.83. The number of furan rings is 1. The highest BCUT2D eigenvalue weighted by atomic mass is 35.5. The SMILES string of the molecule is CC(C)n1cc(-c2cc3nccc(Cl)c3o2)cn1. The molecule has 0 spiro atoms. The van der Waals surface area contributed by atoms with Crippen molar-refractivity contribution in [3.8, 4) is 11.3 Å². The summed E-state index contributed by atoms with van der Waals surface area (Å²) in [7, 11) is 0. The van der Waals surface area contributed by atoms with Gasteiger partial charge in [0.25, 0.3) is 0 Å². The second kappa shape index (κ2) is 4.14. The summed E-state index contributed by atoms with van der Waals surface area (Å²) in [6, 6.07) is 3.92. The van der Waals surface area contributed by atoms with Crippen LogP contribution in [0.1, 0.15) is 19.9 Å². The minimum Gasteiger partial charge on any atom is -0.453 e. The Bertz CT molecular complexity index is 699. The number of rotatable bonds is 2. The molecule has 0 N–H and O–H groups in total. The van der Waals surface area contributed by atoms with Gasteiger partial charge < -0.3 is 4.42 Å². The molecule has 3 rings (SSSR count). The fourth-order valence-electron chi connectivity index (χ4n) is 1.80. The maximum atomic E-state index is 6.06. The normalized spacial score (nSPS) is 11.6. The Hall–Kier alpha value is -1.81. The molecule has 0 amide bonds. The van der Waals surface area contributed by atoms with Gasteiger partial charge in [0.15, 0.2) is 5.58 Å². The van der Waals surface area contributed by atoms with Gasteiger partial charge in [-0.2, -0.15) is 5.10 Å². The third kappa shape index (κ3) is 1.78. The molecule has 0 radical (unpaired) electrons. The summed E-state index contributed by atoms with van der Waals surface area (Å²) in [6.07, 6.45) is 5.41. The highest BCUT2D eigenvalue weighted by Gasteiger charge is 2.12. The van der Waals surface area contributed by atoms with Crippen molar-refractivity contribution in [2.45, 2.75) is 19.9 Å². The smallest absolute Gasteiger partial charge is 0.171 e. The first-order valence-electron chi connectivity index (χ1n) is 5.74. The number of fused-ring (bicyclic) bond motifs is 1. The number of hydrogen-bond donors (Lipinski definition) is 0. The number of hydrogen-bond acceptors (Lipinski definition) is 3. The topological polar surface area (TPSA) is 43.9 Å². The van der Waals surface area contributed by atoms with E-state index in [2.05, 4.69) is 23.9 Å². The minimum atomic E-state index is 0.324. The van der Waals surface area contributed by atoms with E-state index >= 15 is 0 Å². The molecule has 18 heavy (non-hydrogen) atoms. The van der Waals surface area contributed by atoms with E-state index in [1.807, 2.05) is 16.9 Å². The van der Waals surface area contributed by atoms with Crippen LogP contribution in [0, 0.1) is 0 Å². The summed E-state index contributed by atoms with van der Waals surface area (Å²) in [5, 5.41) is 4.86. The average molecular weight is 262 g/mol. The highest BCUT2D eigenvalue weighted by Crippen LogP contribution is 2.30. The predicted octanol–water partition coefficient (Wildman–Crippen LogP) is 3.93. The Morgan fingerprint density at radius 1 is 1.39 bits per heavy atom. The van der Waals surface area contributed by atoms with E-state index in [1.54, 1.807) is 18.5 Å². The summed E-state index contributed by atoms with van der Waals surface area (Å²) in [5.41, 5.74) is 2.30. The third-order valence-corrected chi connectivity index (χ3v) is 3.08. The van der Waals surface area contributed by atoms with Crippen LogP contribution in [0.5, 0.6) is 0 Å². The number of pyridine rings is 1. The summed E-state index contributed by atoms with van der Waals surface area (Å²) >= 11 is 6.06. The van der Waals surface area contributed by atoms with Gasteiger partial charge in [-0.15, -0.1) is 0 Å². The maximum Gasteiger partial charge on any atom is 0.171 e. The monoisotopic (exact) mass is 261 g/mol. The van der Waals surface area contributed by atoms with E-state index in [0.29, 0.717) is 16.6 Å². The predicted molar refractivity (Wildman–Crippen MR) is 70.6 cm³/mol. The molecule has 5 heteroatoms. The van der Waals surface area contributed by atoms with Crippen LogP contribution in [0.25, 0.3) is 22.4 Å². The van der Waals surface area contributed by atoms with Gasteiger partial charge in [0.1, 0.15) is 11.3 Å². The van der Waals surface area contributed by atoms with Crippen LogP contribution in [0.4, 0.5) is 0 Å². The highest BCUT2D eigenvalue weighted by molar-refractivity contribution is 6.34. The van der Waals surface area contributed by atoms with E-state index in [1.165, 1.54) is 0 Å². The van der Waals surface area contributed by atoms with Gasteiger partial charge >= 0.3 is 0 Å². The zero-order valence-corrected chi connectivity index (χ0v) is 10.8. The minimum absolute atomic E-state index is 0.324. The summed E-state index contributed by atoms with van der Waals surface area (Å²) in [5.74, 6) is 0.734. The van der Waals surface area contributed by atoms with Gasteiger partial charge in [0.2, 0.25) is 0 Å². The molecule has 0 saturated heterocycles. The zero-order valence-electron chi connectivity index (χ0n) is 10.1. The van der Waals surface area contributed by atoms with Gasteiger partial charge in [0, 0.05) is 24.5 Å². The molecule has 3 aromatic rings. The first kappa shape index (κ1) is 11.3. The van der Waals surface area contributed by atoms with Crippen LogP contribution in [-0.4, -0.2) is 14.8 Å². The zero-order chi connectivity index (χ0) is 12.7. The van der Waals surface area contributed by atoms with Crippen molar-refractivity contribution in [1.29, 1.82) is 0 Å². The van der Waals surface area contributed by atoms with Crippen molar-refractivity contribution in [2.75, 3.05) is 0 Å². The van der Waals surface area contributed by atoms with Crippen molar-refractivity contribution in [3.05, 3.63) is 35.7 Å². The van der Waals surface area contributed by atoms with Crippen LogP contribution < -0.4 is 0 Å². The first-order valence-corrected chi connectivity index (χ1v) is 6.11. The van der Waals surface area contributed by atoms with Crippen molar-refractivity contribution in [2.24, 2.45) is 0 Å². The molecule has 0 saturated carbocycles. The number of nitrogens with zero attached hydrogens (tertiary/aromatic N) is 3. The molecule has 0 unspecified atom stereocenters. The Labute approximate surface area is 109 Å². The lowest BCUT2D eigenvalue weighted by atomic mass is 10.2. The third-order valence-electron chi connectivity index (χ3n) is 2.78. The largest absolute Gasteiger partial charge is 0.453 e. The standard InChI is InChI=1S/C13H12ClN3O/c1-8(2)17-7-9(6-16-17)12-5-11-13(18-12)10(14)3-4-15-11/h3-8H,1-2H3. The molecule has 4 nitrogen and oxygen atoms in total. The van der Waals surface area contributed by atoms with Crippen LogP contribution >= 0.6 is 11.6 Å². The molecule has 0 aliphatic rings. The van der Waals surface area contributed by atoms with Crippen molar-refractivity contribution >= 4 is 22.7 Å². The van der Waals surface area contributed by atoms with Crippen molar-refractivity contribution in [1.82, 2.24) is 14.8 Å². The van der Waals surface area contributed by atoms with Crippen LogP contribution in [0.2, 0.25) is 5.02 Å². The van der Waals surface area contributed by atoms with Crippen LogP contribution in [0.15, 0.2) is 35.1 Å². The first-order chi connectivity index (χ1) is 8.65. The molecule has 3 heterocycles. The van der Waals surface area contributed by atoms with Gasteiger partial charge in [-0.1, -0.05) is 11.6 Å². The molecule has 0 fully saturated rings. The molecule has 3 aromatic heterocycles. The van der Waals surface area contributed by atoms with E-state index in [0.717, 1.165) is 16.8 Å². The summed E-state index contributed by atoms with van der Waals surface area (Å²) in [6.45, 7) is 4.15. The van der Waals surface area contributed by atoms with E-state index in [9.17, 15) is 0 Å². The quantitative estimate of drug-likeness (QED) is 0.702. The molecular weight excluding hydrogens is 250 g/mol. The van der Waals surface area contributed by atoms with Gasteiger partial charge in [0.05, 0.1) is 16.8 Å². The molecule has 92 valence electrons. The van der Waals surface area contributed by atoms with E-state index < -0.39 is 0 Å². The van der Waals surface area contributed by atoms with Gasteiger partial charge in [-0.25, -0.2) is 0 Å². The van der Waals surface area contributed by atoms with E-state index in [-0.39, 0.29) is 0 Å². The lowest BCUT2D eigenvalue weighted by molar-refractivity contribution is 0.532. The van der Waals surface area contributed by atoms with Gasteiger partial charge in [-0.05, 0) is 19.9 Å². The number of halogens is 1. The van der Waals surface area contributed by atoms with E-state index in [4.69, 9.17) is 16.0 Å². The second-order valence-electron chi connectivity index (χ2n) is 4.42. The molecule has 0 bridgehead atoms. The summed E-state index contributed by atoms with van der Waals surface area (Å²) in [4.78, 5) is 4.22. The van der Waals surface area contributed by atoms with Crippen molar-refractivity contribution < 1.29 is 4.42 Å². The number of aromatic nitrogens is 3. The Morgan fingerprint density at radius 2 is 2.22 bits per heavy atom.